The normalized spacial score (nSPS) is 20.0. The second kappa shape index (κ2) is 9.42. The highest BCUT2D eigenvalue weighted by Gasteiger charge is 2.34. The first kappa shape index (κ1) is 20.7. The van der Waals surface area contributed by atoms with Gasteiger partial charge in [-0.1, -0.05) is 30.3 Å². The maximum Gasteiger partial charge on any atom is 0.409 e. The van der Waals surface area contributed by atoms with Crippen molar-refractivity contribution in [3.63, 3.8) is 0 Å². The van der Waals surface area contributed by atoms with E-state index in [0.717, 1.165) is 5.56 Å². The monoisotopic (exact) mass is 402 g/mol. The molecule has 29 heavy (non-hydrogen) atoms. The second-order valence-corrected chi connectivity index (χ2v) is 6.79. The van der Waals surface area contributed by atoms with Crippen molar-refractivity contribution >= 4 is 18.1 Å². The molecule has 1 fully saturated rings. The Bertz CT molecular complexity index is 787. The minimum atomic E-state index is -0.590. The number of rotatable bonds is 5. The third kappa shape index (κ3) is 4.86. The van der Waals surface area contributed by atoms with Crippen LogP contribution < -0.4 is 10.6 Å². The lowest BCUT2D eigenvalue weighted by atomic mass is 9.95. The molecule has 1 aromatic carbocycles. The average Bonchev–Trinajstić information content (AvgIpc) is 2.74. The van der Waals surface area contributed by atoms with E-state index in [2.05, 4.69) is 15.5 Å². The molecule has 0 aromatic heterocycles. The Kier molecular flexibility index (Phi) is 6.71. The number of urea groups is 1. The van der Waals surface area contributed by atoms with E-state index >= 15 is 0 Å². The summed E-state index contributed by atoms with van der Waals surface area (Å²) in [5.74, 6) is -0.494. The summed E-state index contributed by atoms with van der Waals surface area (Å²) in [7, 11) is 1.32. The van der Waals surface area contributed by atoms with Crippen molar-refractivity contribution in [2.45, 2.75) is 13.0 Å². The maximum atomic E-state index is 12.6. The van der Waals surface area contributed by atoms with Crippen LogP contribution in [0.25, 0.3) is 0 Å². The van der Waals surface area contributed by atoms with Crippen molar-refractivity contribution in [2.75, 3.05) is 46.4 Å². The molecule has 1 saturated heterocycles. The van der Waals surface area contributed by atoms with Crippen LogP contribution in [0.4, 0.5) is 9.59 Å². The van der Waals surface area contributed by atoms with Crippen LogP contribution in [-0.4, -0.2) is 74.3 Å². The van der Waals surface area contributed by atoms with Crippen LogP contribution in [0, 0.1) is 0 Å². The molecule has 0 spiro atoms. The van der Waals surface area contributed by atoms with Gasteiger partial charge in [0.25, 0.3) is 0 Å². The molecule has 0 radical (unpaired) electrons. The molecule has 0 saturated carbocycles. The zero-order valence-corrected chi connectivity index (χ0v) is 16.6. The summed E-state index contributed by atoms with van der Waals surface area (Å²) in [5.41, 5.74) is 1.69. The standard InChI is InChI=1S/C20H26N4O5/c1-3-29-20(27)24-11-9-23(10-12-24)13-15-16(18(25)28-2)17(22-19(26)21-15)14-7-5-4-6-8-14/h4-8,17H,3,9-13H2,1-2H3,(H2,21,22,26)/t17-/m0/s1. The summed E-state index contributed by atoms with van der Waals surface area (Å²) >= 11 is 0. The summed E-state index contributed by atoms with van der Waals surface area (Å²) in [6.07, 6.45) is -0.319. The topological polar surface area (TPSA) is 100 Å². The number of benzene rings is 1. The Balaban J connectivity index is 1.79. The number of nitrogens with one attached hydrogen (secondary N) is 2. The molecular weight excluding hydrogens is 376 g/mol. The molecule has 1 aromatic rings. The van der Waals surface area contributed by atoms with Gasteiger partial charge < -0.3 is 25.0 Å². The molecule has 0 aliphatic carbocycles. The van der Waals surface area contributed by atoms with Gasteiger partial charge in [-0.05, 0) is 12.5 Å². The number of carbonyl (C=O) groups is 3. The number of ether oxygens (including phenoxy) is 2. The number of nitrogens with zero attached hydrogens (tertiary/aromatic N) is 2. The number of hydrogen-bond acceptors (Lipinski definition) is 6. The van der Waals surface area contributed by atoms with Crippen molar-refractivity contribution in [3.8, 4) is 0 Å². The van der Waals surface area contributed by atoms with Gasteiger partial charge in [0.2, 0.25) is 0 Å². The molecule has 1 atom stereocenters. The van der Waals surface area contributed by atoms with Crippen LogP contribution >= 0.6 is 0 Å². The highest BCUT2D eigenvalue weighted by Crippen LogP contribution is 2.28. The second-order valence-electron chi connectivity index (χ2n) is 6.79. The molecular formula is C20H26N4O5. The van der Waals surface area contributed by atoms with E-state index in [9.17, 15) is 14.4 Å². The lowest BCUT2D eigenvalue weighted by Gasteiger charge is -2.36. The zero-order chi connectivity index (χ0) is 20.8. The largest absolute Gasteiger partial charge is 0.466 e. The lowest BCUT2D eigenvalue weighted by Crippen LogP contribution is -2.52. The van der Waals surface area contributed by atoms with Crippen molar-refractivity contribution < 1.29 is 23.9 Å². The first-order valence-corrected chi connectivity index (χ1v) is 9.61. The molecule has 0 unspecified atom stereocenters. The fourth-order valence-electron chi connectivity index (χ4n) is 3.52. The first-order valence-electron chi connectivity index (χ1n) is 9.61. The van der Waals surface area contributed by atoms with Crippen molar-refractivity contribution in [1.29, 1.82) is 0 Å². The molecule has 3 amide bonds. The number of methoxy groups -OCH3 is 1. The van der Waals surface area contributed by atoms with Gasteiger partial charge in [0, 0.05) is 38.4 Å². The summed E-state index contributed by atoms with van der Waals surface area (Å²) in [4.78, 5) is 40.4. The summed E-state index contributed by atoms with van der Waals surface area (Å²) in [6, 6.07) is 8.33. The molecule has 2 aliphatic rings. The van der Waals surface area contributed by atoms with Crippen molar-refractivity contribution in [1.82, 2.24) is 20.4 Å². The zero-order valence-electron chi connectivity index (χ0n) is 16.6. The quantitative estimate of drug-likeness (QED) is 0.719. The summed E-state index contributed by atoms with van der Waals surface area (Å²) in [5, 5.41) is 5.57. The Labute approximate surface area is 169 Å². The van der Waals surface area contributed by atoms with E-state index in [1.807, 2.05) is 30.3 Å². The highest BCUT2D eigenvalue weighted by molar-refractivity contribution is 5.95. The van der Waals surface area contributed by atoms with E-state index in [-0.39, 0.29) is 12.1 Å². The molecule has 9 heteroatoms. The molecule has 0 bridgehead atoms. The van der Waals surface area contributed by atoms with Crippen LogP contribution in [0.1, 0.15) is 18.5 Å². The fourth-order valence-corrected chi connectivity index (χ4v) is 3.52. The SMILES string of the molecule is CCOC(=O)N1CCN(CC2=C(C(=O)OC)[C@H](c3ccccc3)NC(=O)N2)CC1. The third-order valence-electron chi connectivity index (χ3n) is 4.97. The van der Waals surface area contributed by atoms with Gasteiger partial charge in [-0.2, -0.15) is 0 Å². The highest BCUT2D eigenvalue weighted by atomic mass is 16.6. The van der Waals surface area contributed by atoms with Crippen molar-refractivity contribution in [2.24, 2.45) is 0 Å². The van der Waals surface area contributed by atoms with Crippen LogP contribution in [0.15, 0.2) is 41.6 Å². The predicted molar refractivity (Wildman–Crippen MR) is 105 cm³/mol. The van der Waals surface area contributed by atoms with Crippen molar-refractivity contribution in [3.05, 3.63) is 47.2 Å². The van der Waals surface area contributed by atoms with Gasteiger partial charge in [0.05, 0.1) is 25.3 Å². The molecule has 9 nitrogen and oxygen atoms in total. The lowest BCUT2D eigenvalue weighted by molar-refractivity contribution is -0.136. The summed E-state index contributed by atoms with van der Waals surface area (Å²) < 4.78 is 10.0. The van der Waals surface area contributed by atoms with Gasteiger partial charge in [0.1, 0.15) is 0 Å². The minimum Gasteiger partial charge on any atom is -0.466 e. The maximum absolute atomic E-state index is 12.6. The Hall–Kier alpha value is -3.07. The van der Waals surface area contributed by atoms with Crippen LogP contribution in [-0.2, 0) is 14.3 Å². The van der Waals surface area contributed by atoms with E-state index < -0.39 is 12.0 Å². The van der Waals surface area contributed by atoms with E-state index in [0.29, 0.717) is 50.6 Å². The Morgan fingerprint density at radius 2 is 1.83 bits per heavy atom. The number of piperazine rings is 1. The van der Waals surface area contributed by atoms with Gasteiger partial charge in [-0.3, -0.25) is 4.90 Å². The summed E-state index contributed by atoms with van der Waals surface area (Å²) in [6.45, 7) is 4.75. The fraction of sp³-hybridized carbons (Fsp3) is 0.450. The van der Waals surface area contributed by atoms with Crippen LogP contribution in [0.3, 0.4) is 0 Å². The smallest absolute Gasteiger partial charge is 0.409 e. The van der Waals surface area contributed by atoms with E-state index in [4.69, 9.17) is 9.47 Å². The molecule has 156 valence electrons. The average molecular weight is 402 g/mol. The molecule has 2 N–H and O–H groups in total. The van der Waals surface area contributed by atoms with Gasteiger partial charge in [-0.15, -0.1) is 0 Å². The third-order valence-corrected chi connectivity index (χ3v) is 4.97. The molecule has 2 heterocycles. The van der Waals surface area contributed by atoms with E-state index in [1.54, 1.807) is 11.8 Å². The number of hydrogen-bond donors (Lipinski definition) is 2. The molecule has 3 rings (SSSR count). The minimum absolute atomic E-state index is 0.319. The number of carbonyl (C=O) groups excluding carboxylic acids is 3. The predicted octanol–water partition coefficient (Wildman–Crippen LogP) is 1.24. The molecule has 2 aliphatic heterocycles. The Morgan fingerprint density at radius 1 is 1.14 bits per heavy atom. The van der Waals surface area contributed by atoms with Gasteiger partial charge >= 0.3 is 18.1 Å². The van der Waals surface area contributed by atoms with Crippen LogP contribution in [0.5, 0.6) is 0 Å². The van der Waals surface area contributed by atoms with Gasteiger partial charge in [0.15, 0.2) is 0 Å². The number of esters is 1. The Morgan fingerprint density at radius 3 is 2.45 bits per heavy atom. The van der Waals surface area contributed by atoms with Gasteiger partial charge in [-0.25, -0.2) is 14.4 Å². The number of amides is 3. The van der Waals surface area contributed by atoms with E-state index in [1.165, 1.54) is 7.11 Å². The first-order chi connectivity index (χ1) is 14.0. The van der Waals surface area contributed by atoms with Crippen LogP contribution in [0.2, 0.25) is 0 Å².